The minimum Gasteiger partial charge on any atom is -0.0654 e. The minimum atomic E-state index is 1.21. The molecule has 0 N–H and O–H groups in total. The van der Waals surface area contributed by atoms with E-state index in [0.29, 0.717) is 0 Å². The second-order valence-corrected chi connectivity index (χ2v) is 17.3. The molecular weight excluding hydrogens is 625 g/mol. The summed E-state index contributed by atoms with van der Waals surface area (Å²) in [7, 11) is 0. The van der Waals surface area contributed by atoms with Crippen LogP contribution in [0, 0.1) is 0 Å². The van der Waals surface area contributed by atoms with E-state index in [9.17, 15) is 0 Å². The molecule has 0 fully saturated rings. The molecule has 306 valence electrons. The van der Waals surface area contributed by atoms with Gasteiger partial charge in [0.15, 0.2) is 0 Å². The number of aryl methyl sites for hydroxylation is 2. The molecule has 0 unspecified atom stereocenters. The molecule has 0 radical (unpaired) electrons. The summed E-state index contributed by atoms with van der Waals surface area (Å²) in [6.45, 7) is 7.01. The molecule has 0 saturated heterocycles. The van der Waals surface area contributed by atoms with Crippen molar-refractivity contribution in [2.75, 3.05) is 0 Å². The van der Waals surface area contributed by atoms with Crippen LogP contribution in [0.5, 0.6) is 0 Å². The number of hydrogen-bond donors (Lipinski definition) is 0. The van der Waals surface area contributed by atoms with Crippen LogP contribution in [0.3, 0.4) is 0 Å². The molecular formula is C52H98. The molecule has 0 heteroatoms. The largest absolute Gasteiger partial charge is 0.0654 e. The zero-order valence-corrected chi connectivity index (χ0v) is 36.6. The maximum Gasteiger partial charge on any atom is -0.0276 e. The van der Waals surface area contributed by atoms with Crippen LogP contribution in [0.25, 0.3) is 0 Å². The maximum absolute atomic E-state index is 2.44. The molecule has 1 aromatic rings. The number of unbranched alkanes of at least 4 members (excludes halogenated alkanes) is 38. The monoisotopic (exact) mass is 723 g/mol. The lowest BCUT2D eigenvalue weighted by Crippen LogP contribution is -2.00. The molecule has 0 aliphatic heterocycles. The van der Waals surface area contributed by atoms with Crippen molar-refractivity contribution in [2.24, 2.45) is 0 Å². The first-order valence-electron chi connectivity index (χ1n) is 24.9. The van der Waals surface area contributed by atoms with Crippen molar-refractivity contribution >= 4 is 0 Å². The fourth-order valence-electron chi connectivity index (χ4n) is 8.75. The molecule has 0 aromatic heterocycles. The highest BCUT2D eigenvalue weighted by atomic mass is 14.1. The zero-order chi connectivity index (χ0) is 37.3. The molecule has 52 heavy (non-hydrogen) atoms. The van der Waals surface area contributed by atoms with Gasteiger partial charge in [-0.3, -0.25) is 0 Å². The summed E-state index contributed by atoms with van der Waals surface area (Å²) in [5.41, 5.74) is 5.02. The Morgan fingerprint density at radius 1 is 0.250 bits per heavy atom. The van der Waals surface area contributed by atoms with Crippen molar-refractivity contribution in [1.82, 2.24) is 0 Å². The van der Waals surface area contributed by atoms with Gasteiger partial charge in [-0.2, -0.15) is 0 Å². The van der Waals surface area contributed by atoms with Gasteiger partial charge in [-0.15, -0.1) is 0 Å². The van der Waals surface area contributed by atoms with Crippen molar-refractivity contribution in [1.29, 1.82) is 0 Å². The molecule has 0 nitrogen and oxygen atoms in total. The van der Waals surface area contributed by atoms with Gasteiger partial charge in [0.05, 0.1) is 0 Å². The van der Waals surface area contributed by atoms with Crippen LogP contribution >= 0.6 is 0 Å². The second-order valence-electron chi connectivity index (χ2n) is 17.3. The van der Waals surface area contributed by atoms with Crippen molar-refractivity contribution in [2.45, 2.75) is 297 Å². The lowest BCUT2D eigenvalue weighted by Gasteiger charge is -2.14. The Morgan fingerprint density at radius 2 is 0.442 bits per heavy atom. The Hall–Kier alpha value is -0.780. The SMILES string of the molecule is CCCCCCCCCCCCCCCCCCCCCCc1cccc(CCCCCCCCCCCCCCCCCCCCCC)c1CC. The van der Waals surface area contributed by atoms with Gasteiger partial charge in [-0.25, -0.2) is 0 Å². The Balaban J connectivity index is 1.91. The Labute approximate surface area is 330 Å². The van der Waals surface area contributed by atoms with Crippen molar-refractivity contribution in [3.05, 3.63) is 34.9 Å². The van der Waals surface area contributed by atoms with Crippen molar-refractivity contribution in [3.8, 4) is 0 Å². The van der Waals surface area contributed by atoms with Gasteiger partial charge in [0.1, 0.15) is 0 Å². The third-order valence-corrected chi connectivity index (χ3v) is 12.3. The Morgan fingerprint density at radius 3 is 0.635 bits per heavy atom. The molecule has 0 aliphatic carbocycles. The first kappa shape index (κ1) is 49.2. The van der Waals surface area contributed by atoms with Gasteiger partial charge in [-0.05, 0) is 48.8 Å². The lowest BCUT2D eigenvalue weighted by atomic mass is 9.92. The van der Waals surface area contributed by atoms with Gasteiger partial charge in [0.25, 0.3) is 0 Å². The minimum absolute atomic E-state index is 1.21. The van der Waals surface area contributed by atoms with Gasteiger partial charge in [0, 0.05) is 0 Å². The number of rotatable bonds is 43. The van der Waals surface area contributed by atoms with E-state index < -0.39 is 0 Å². The molecule has 0 amide bonds. The van der Waals surface area contributed by atoms with Crippen molar-refractivity contribution < 1.29 is 0 Å². The molecule has 1 rings (SSSR count). The second kappa shape index (κ2) is 41.4. The van der Waals surface area contributed by atoms with Gasteiger partial charge in [0.2, 0.25) is 0 Å². The number of benzene rings is 1. The van der Waals surface area contributed by atoms with Crippen molar-refractivity contribution in [3.63, 3.8) is 0 Å². The van der Waals surface area contributed by atoms with Crippen LogP contribution in [0.1, 0.15) is 294 Å². The summed E-state index contributed by atoms with van der Waals surface area (Å²) in [6.07, 6.45) is 62.2. The predicted molar refractivity (Wildman–Crippen MR) is 239 cm³/mol. The van der Waals surface area contributed by atoms with E-state index in [2.05, 4.69) is 39.0 Å². The van der Waals surface area contributed by atoms with Crippen LogP contribution < -0.4 is 0 Å². The van der Waals surface area contributed by atoms with Gasteiger partial charge in [-0.1, -0.05) is 283 Å². The highest BCUT2D eigenvalue weighted by molar-refractivity contribution is 5.35. The van der Waals surface area contributed by atoms with Crippen LogP contribution in [0.4, 0.5) is 0 Å². The molecule has 0 atom stereocenters. The van der Waals surface area contributed by atoms with Gasteiger partial charge < -0.3 is 0 Å². The Bertz CT molecular complexity index is 744. The van der Waals surface area contributed by atoms with E-state index in [1.165, 1.54) is 276 Å². The van der Waals surface area contributed by atoms with E-state index in [0.717, 1.165) is 0 Å². The first-order valence-corrected chi connectivity index (χ1v) is 24.9. The Kier molecular flexibility index (Phi) is 39.2. The van der Waals surface area contributed by atoms with E-state index in [1.807, 2.05) is 0 Å². The van der Waals surface area contributed by atoms with Crippen LogP contribution in [-0.4, -0.2) is 0 Å². The van der Waals surface area contributed by atoms with E-state index in [-0.39, 0.29) is 0 Å². The fraction of sp³-hybridized carbons (Fsp3) is 0.885. The zero-order valence-electron chi connectivity index (χ0n) is 36.6. The predicted octanol–water partition coefficient (Wildman–Crippen LogP) is 19.0. The number of hydrogen-bond acceptors (Lipinski definition) is 0. The smallest absolute Gasteiger partial charge is 0.0276 e. The third kappa shape index (κ3) is 32.6. The highest BCUT2D eigenvalue weighted by Crippen LogP contribution is 2.22. The summed E-state index contributed by atoms with van der Waals surface area (Å²) in [5, 5.41) is 0. The molecule has 1 aromatic carbocycles. The summed E-state index contributed by atoms with van der Waals surface area (Å²) >= 11 is 0. The molecule has 0 heterocycles. The summed E-state index contributed by atoms with van der Waals surface area (Å²) in [4.78, 5) is 0. The van der Waals surface area contributed by atoms with Crippen LogP contribution in [-0.2, 0) is 19.3 Å². The molecule has 0 spiro atoms. The fourth-order valence-corrected chi connectivity index (χ4v) is 8.75. The summed E-state index contributed by atoms with van der Waals surface area (Å²) < 4.78 is 0. The first-order chi connectivity index (χ1) is 25.8. The van der Waals surface area contributed by atoms with Crippen LogP contribution in [0.2, 0.25) is 0 Å². The van der Waals surface area contributed by atoms with E-state index >= 15 is 0 Å². The standard InChI is InChI=1S/C52H98/c1-4-7-9-11-13-15-17-19-21-23-25-27-29-31-33-35-37-39-41-43-46-50-48-45-49-51(52(50)6-3)47-44-42-40-38-36-34-32-30-28-26-24-22-20-18-16-14-12-10-8-5-2/h45,48-49H,4-44,46-47H2,1-3H3. The quantitative estimate of drug-likeness (QED) is 0.0589. The van der Waals surface area contributed by atoms with Gasteiger partial charge >= 0.3 is 0 Å². The summed E-state index contributed by atoms with van der Waals surface area (Å²) in [5.74, 6) is 0. The molecule has 0 aliphatic rings. The molecule has 0 bridgehead atoms. The topological polar surface area (TPSA) is 0 Å². The van der Waals surface area contributed by atoms with Crippen LogP contribution in [0.15, 0.2) is 18.2 Å². The normalized spacial score (nSPS) is 11.6. The molecule has 0 saturated carbocycles. The summed E-state index contributed by atoms with van der Waals surface area (Å²) in [6, 6.07) is 7.24. The van der Waals surface area contributed by atoms with E-state index in [4.69, 9.17) is 0 Å². The van der Waals surface area contributed by atoms with E-state index in [1.54, 1.807) is 16.7 Å². The average molecular weight is 723 g/mol. The lowest BCUT2D eigenvalue weighted by molar-refractivity contribution is 0.521. The maximum atomic E-state index is 2.44. The third-order valence-electron chi connectivity index (χ3n) is 12.3. The average Bonchev–Trinajstić information content (AvgIpc) is 3.16. The highest BCUT2D eigenvalue weighted by Gasteiger charge is 2.07.